The van der Waals surface area contributed by atoms with Crippen LogP contribution in [0.1, 0.15) is 31.4 Å². The Morgan fingerprint density at radius 1 is 1.11 bits per heavy atom. The average Bonchev–Trinajstić information content (AvgIpc) is 3.25. The van der Waals surface area contributed by atoms with Crippen molar-refractivity contribution in [3.8, 4) is 0 Å². The van der Waals surface area contributed by atoms with Crippen LogP contribution in [0.25, 0.3) is 10.9 Å². The zero-order valence-corrected chi connectivity index (χ0v) is 17.5. The largest absolute Gasteiger partial charge is 0.326 e. The highest BCUT2D eigenvalue weighted by Crippen LogP contribution is 2.31. The maximum atomic E-state index is 13.2. The summed E-state index contributed by atoms with van der Waals surface area (Å²) in [6.45, 7) is 4.82. The maximum Gasteiger partial charge on any atom is 0.243 e. The van der Waals surface area contributed by atoms with Gasteiger partial charge in [-0.2, -0.15) is 9.40 Å². The molecule has 1 saturated heterocycles. The lowest BCUT2D eigenvalue weighted by Crippen LogP contribution is -2.32. The minimum atomic E-state index is -3.60. The van der Waals surface area contributed by atoms with Gasteiger partial charge in [-0.1, -0.05) is 30.3 Å². The summed E-state index contributed by atoms with van der Waals surface area (Å²) in [5.41, 5.74) is 8.30. The summed E-state index contributed by atoms with van der Waals surface area (Å²) in [6.07, 6.45) is 1.72. The molecule has 0 aliphatic carbocycles. The standard InChI is InChI=1S/C20H24N4O2S.ClH/c1-14(2)24-20-9-8-17(10-16(20)11-22-24)27(25,26)23-12-18(19(21)13-23)15-6-4-3-5-7-15;/h3-11,14,18-19H,12-13,21H2,1-2H3;1H/t18-,19+;/m0./s1. The number of hydrogen-bond donors (Lipinski definition) is 1. The highest BCUT2D eigenvalue weighted by Gasteiger charge is 2.38. The predicted octanol–water partition coefficient (Wildman–Crippen LogP) is 3.15. The topological polar surface area (TPSA) is 81.2 Å². The van der Waals surface area contributed by atoms with E-state index >= 15 is 0 Å². The maximum absolute atomic E-state index is 13.2. The van der Waals surface area contributed by atoms with Gasteiger partial charge in [0, 0.05) is 36.5 Å². The molecule has 8 heteroatoms. The van der Waals surface area contributed by atoms with E-state index in [2.05, 4.69) is 5.10 Å². The van der Waals surface area contributed by atoms with E-state index < -0.39 is 10.0 Å². The van der Waals surface area contributed by atoms with Crippen molar-refractivity contribution >= 4 is 33.3 Å². The Morgan fingerprint density at radius 3 is 2.50 bits per heavy atom. The monoisotopic (exact) mass is 420 g/mol. The van der Waals surface area contributed by atoms with Crippen molar-refractivity contribution in [1.82, 2.24) is 14.1 Å². The summed E-state index contributed by atoms with van der Waals surface area (Å²) in [7, 11) is -3.60. The molecule has 0 spiro atoms. The van der Waals surface area contributed by atoms with Crippen LogP contribution in [0, 0.1) is 0 Å². The molecule has 0 amide bonds. The van der Waals surface area contributed by atoms with Crippen molar-refractivity contribution in [1.29, 1.82) is 0 Å². The molecule has 4 rings (SSSR count). The third kappa shape index (κ3) is 3.55. The molecule has 150 valence electrons. The molecular formula is C20H25ClN4O2S. The SMILES string of the molecule is CC(C)n1ncc2cc(S(=O)(=O)N3C[C@@H](N)[C@H](c4ccccc4)C3)ccc21.Cl. The van der Waals surface area contributed by atoms with E-state index in [1.807, 2.05) is 54.9 Å². The Kier molecular flexibility index (Phi) is 5.82. The van der Waals surface area contributed by atoms with Gasteiger partial charge in [0.1, 0.15) is 0 Å². The van der Waals surface area contributed by atoms with Gasteiger partial charge in [-0.05, 0) is 37.6 Å². The Labute approximate surface area is 171 Å². The van der Waals surface area contributed by atoms with Gasteiger partial charge in [0.25, 0.3) is 0 Å². The molecule has 28 heavy (non-hydrogen) atoms. The summed E-state index contributed by atoms with van der Waals surface area (Å²) >= 11 is 0. The lowest BCUT2D eigenvalue weighted by molar-refractivity contribution is 0.470. The Balaban J connectivity index is 0.00000225. The molecule has 2 atom stereocenters. The lowest BCUT2D eigenvalue weighted by atomic mass is 9.95. The van der Waals surface area contributed by atoms with Crippen LogP contribution in [-0.4, -0.2) is 41.6 Å². The van der Waals surface area contributed by atoms with Gasteiger partial charge in [-0.15, -0.1) is 12.4 Å². The number of hydrogen-bond acceptors (Lipinski definition) is 4. The van der Waals surface area contributed by atoms with Gasteiger partial charge in [0.15, 0.2) is 0 Å². The molecule has 0 saturated carbocycles. The number of nitrogens with two attached hydrogens (primary N) is 1. The molecule has 3 aromatic rings. The highest BCUT2D eigenvalue weighted by atomic mass is 35.5. The number of sulfonamides is 1. The van der Waals surface area contributed by atoms with Gasteiger partial charge in [0.2, 0.25) is 10.0 Å². The van der Waals surface area contributed by atoms with Crippen LogP contribution in [0.4, 0.5) is 0 Å². The van der Waals surface area contributed by atoms with Crippen molar-refractivity contribution in [3.63, 3.8) is 0 Å². The van der Waals surface area contributed by atoms with Crippen LogP contribution in [0.2, 0.25) is 0 Å². The van der Waals surface area contributed by atoms with Gasteiger partial charge in [-0.3, -0.25) is 4.68 Å². The summed E-state index contributed by atoms with van der Waals surface area (Å²) < 4.78 is 29.8. The van der Waals surface area contributed by atoms with Crippen LogP contribution >= 0.6 is 12.4 Å². The van der Waals surface area contributed by atoms with Crippen molar-refractivity contribution in [2.75, 3.05) is 13.1 Å². The van der Waals surface area contributed by atoms with Crippen molar-refractivity contribution in [2.45, 2.75) is 36.7 Å². The summed E-state index contributed by atoms with van der Waals surface area (Å²) in [5.74, 6) is 0.00778. The summed E-state index contributed by atoms with van der Waals surface area (Å²) in [4.78, 5) is 0.291. The minimum absolute atomic E-state index is 0. The van der Waals surface area contributed by atoms with Gasteiger partial charge >= 0.3 is 0 Å². The van der Waals surface area contributed by atoms with Gasteiger partial charge in [-0.25, -0.2) is 8.42 Å². The van der Waals surface area contributed by atoms with Gasteiger partial charge < -0.3 is 5.73 Å². The van der Waals surface area contributed by atoms with Crippen LogP contribution in [0.3, 0.4) is 0 Å². The summed E-state index contributed by atoms with van der Waals surface area (Å²) in [6, 6.07) is 15.1. The Morgan fingerprint density at radius 2 is 1.82 bits per heavy atom. The van der Waals surface area contributed by atoms with Gasteiger partial charge in [0.05, 0.1) is 16.6 Å². The second-order valence-electron chi connectivity index (χ2n) is 7.41. The normalized spacial score (nSPS) is 20.6. The molecule has 1 aliphatic rings. The molecule has 0 unspecified atom stereocenters. The van der Waals surface area contributed by atoms with Crippen molar-refractivity contribution in [2.24, 2.45) is 5.73 Å². The van der Waals surface area contributed by atoms with Crippen LogP contribution in [-0.2, 0) is 10.0 Å². The molecule has 0 radical (unpaired) electrons. The van der Waals surface area contributed by atoms with Crippen molar-refractivity contribution in [3.05, 3.63) is 60.3 Å². The van der Waals surface area contributed by atoms with Crippen LogP contribution in [0.5, 0.6) is 0 Å². The third-order valence-corrected chi connectivity index (χ3v) is 7.08. The quantitative estimate of drug-likeness (QED) is 0.702. The first kappa shape index (κ1) is 20.8. The Hall–Kier alpha value is -1.93. The highest BCUT2D eigenvalue weighted by molar-refractivity contribution is 7.89. The molecule has 2 aromatic carbocycles. The minimum Gasteiger partial charge on any atom is -0.326 e. The smallest absolute Gasteiger partial charge is 0.243 e. The zero-order chi connectivity index (χ0) is 19.2. The number of rotatable bonds is 4. The zero-order valence-electron chi connectivity index (χ0n) is 15.9. The summed E-state index contributed by atoms with van der Waals surface area (Å²) in [5, 5.41) is 5.19. The van der Waals surface area contributed by atoms with E-state index in [1.165, 1.54) is 4.31 Å². The molecule has 1 fully saturated rings. The average molecular weight is 421 g/mol. The number of nitrogens with zero attached hydrogens (tertiary/aromatic N) is 3. The first-order valence-electron chi connectivity index (χ1n) is 9.16. The molecule has 2 heterocycles. The van der Waals surface area contributed by atoms with E-state index in [1.54, 1.807) is 18.3 Å². The number of fused-ring (bicyclic) bond motifs is 1. The lowest BCUT2D eigenvalue weighted by Gasteiger charge is -2.17. The fourth-order valence-corrected chi connectivity index (χ4v) is 5.33. The van der Waals surface area contributed by atoms with E-state index in [-0.39, 0.29) is 30.4 Å². The van der Waals surface area contributed by atoms with E-state index in [0.29, 0.717) is 18.0 Å². The molecule has 0 bridgehead atoms. The number of halogens is 1. The van der Waals surface area contributed by atoms with E-state index in [9.17, 15) is 8.42 Å². The van der Waals surface area contributed by atoms with Crippen LogP contribution in [0.15, 0.2) is 59.6 Å². The fourth-order valence-electron chi connectivity index (χ4n) is 3.79. The number of aromatic nitrogens is 2. The second kappa shape index (κ2) is 7.83. The first-order chi connectivity index (χ1) is 12.9. The molecular weight excluding hydrogens is 396 g/mol. The molecule has 6 nitrogen and oxygen atoms in total. The first-order valence-corrected chi connectivity index (χ1v) is 10.6. The second-order valence-corrected chi connectivity index (χ2v) is 9.34. The molecule has 2 N–H and O–H groups in total. The fraction of sp³-hybridized carbons (Fsp3) is 0.350. The number of benzene rings is 2. The third-order valence-electron chi connectivity index (χ3n) is 5.25. The predicted molar refractivity (Wildman–Crippen MR) is 113 cm³/mol. The molecule has 1 aromatic heterocycles. The van der Waals surface area contributed by atoms with E-state index in [0.717, 1.165) is 16.5 Å². The van der Waals surface area contributed by atoms with E-state index in [4.69, 9.17) is 5.73 Å². The van der Waals surface area contributed by atoms with Crippen LogP contribution < -0.4 is 5.73 Å². The Bertz CT molecular complexity index is 1070. The molecule has 1 aliphatic heterocycles. The van der Waals surface area contributed by atoms with Crippen molar-refractivity contribution < 1.29 is 8.42 Å².